The van der Waals surface area contributed by atoms with Crippen molar-refractivity contribution in [2.24, 2.45) is 56.2 Å². The van der Waals surface area contributed by atoms with Crippen molar-refractivity contribution in [2.75, 3.05) is 7.11 Å². The fourth-order valence-electron chi connectivity index (χ4n) is 11.2. The highest BCUT2D eigenvalue weighted by atomic mass is 16.5. The highest BCUT2D eigenvalue weighted by Gasteiger charge is 2.73. The lowest BCUT2D eigenvalue weighted by atomic mass is 9.31. The van der Waals surface area contributed by atoms with Crippen LogP contribution in [-0.2, 0) is 19.1 Å². The van der Waals surface area contributed by atoms with Crippen molar-refractivity contribution in [1.82, 2.24) is 0 Å². The van der Waals surface area contributed by atoms with E-state index in [1.54, 1.807) is 0 Å². The Bertz CT molecular complexity index is 1070. The summed E-state index contributed by atoms with van der Waals surface area (Å²) in [6, 6.07) is 0. The van der Waals surface area contributed by atoms with Gasteiger partial charge in [0.1, 0.15) is 5.78 Å². The number of carbonyl (C=O) groups is 3. The number of aliphatic hydroxyl groups is 1. The molecule has 37 heavy (non-hydrogen) atoms. The van der Waals surface area contributed by atoms with Crippen molar-refractivity contribution in [1.29, 1.82) is 0 Å². The van der Waals surface area contributed by atoms with E-state index in [2.05, 4.69) is 34.6 Å². The first-order valence-electron chi connectivity index (χ1n) is 14.5. The highest BCUT2D eigenvalue weighted by Crippen LogP contribution is 2.76. The molecular weight excluding hydrogens is 464 g/mol. The van der Waals surface area contributed by atoms with Gasteiger partial charge in [-0.25, -0.2) is 0 Å². The molecule has 5 saturated carbocycles. The first-order chi connectivity index (χ1) is 17.0. The summed E-state index contributed by atoms with van der Waals surface area (Å²) in [5, 5.41) is 10.0. The average Bonchev–Trinajstić information content (AvgIpc) is 2.82. The number of methoxy groups -OCH3 is 1. The van der Waals surface area contributed by atoms with Gasteiger partial charge in [-0.2, -0.15) is 0 Å². The van der Waals surface area contributed by atoms with Crippen LogP contribution in [0.5, 0.6) is 0 Å². The molecule has 0 radical (unpaired) electrons. The van der Waals surface area contributed by atoms with E-state index in [9.17, 15) is 19.5 Å². The lowest BCUT2D eigenvalue weighted by molar-refractivity contribution is -0.233. The number of hydrogen-bond acceptors (Lipinski definition) is 5. The smallest absolute Gasteiger partial charge is 0.312 e. The van der Waals surface area contributed by atoms with Crippen LogP contribution in [-0.4, -0.2) is 29.8 Å². The number of aliphatic hydroxyl groups excluding tert-OH is 1. The quantitative estimate of drug-likeness (QED) is 0.236. The van der Waals surface area contributed by atoms with Gasteiger partial charge < -0.3 is 9.84 Å². The number of carbonyl (C=O) groups excluding carboxylic acids is 3. The van der Waals surface area contributed by atoms with Crippen molar-refractivity contribution in [3.8, 4) is 0 Å². The number of fused-ring (bicyclic) bond motifs is 7. The first-order valence-corrected chi connectivity index (χ1v) is 14.5. The van der Waals surface area contributed by atoms with Gasteiger partial charge in [0.2, 0.25) is 0 Å². The zero-order chi connectivity index (χ0) is 27.4. The van der Waals surface area contributed by atoms with Crippen LogP contribution in [0, 0.1) is 56.2 Å². The molecule has 5 aliphatic carbocycles. The van der Waals surface area contributed by atoms with E-state index >= 15 is 0 Å². The Hall–Kier alpha value is -1.65. The molecule has 5 nitrogen and oxygen atoms in total. The monoisotopic (exact) mass is 512 g/mol. The number of esters is 1. The highest BCUT2D eigenvalue weighted by molar-refractivity contribution is 6.00. The number of ether oxygens (including phenoxy) is 1. The largest absolute Gasteiger partial charge is 0.515 e. The van der Waals surface area contributed by atoms with Gasteiger partial charge in [0, 0.05) is 23.3 Å². The molecule has 206 valence electrons. The summed E-state index contributed by atoms with van der Waals surface area (Å²) in [6.07, 6.45) is 8.32. The Labute approximate surface area is 223 Å². The molecule has 0 amide bonds. The molecule has 0 aliphatic heterocycles. The minimum Gasteiger partial charge on any atom is -0.515 e. The molecule has 0 aromatic heterocycles. The van der Waals surface area contributed by atoms with E-state index < -0.39 is 10.8 Å². The summed E-state index contributed by atoms with van der Waals surface area (Å²) in [6.45, 7) is 15.7. The minimum atomic E-state index is -0.566. The molecule has 0 spiro atoms. The summed E-state index contributed by atoms with van der Waals surface area (Å²) in [5.74, 6) is 0.425. The van der Waals surface area contributed by atoms with E-state index in [1.165, 1.54) is 7.11 Å². The predicted octanol–water partition coefficient (Wildman–Crippen LogP) is 6.84. The van der Waals surface area contributed by atoms with E-state index in [4.69, 9.17) is 4.74 Å². The van der Waals surface area contributed by atoms with Crippen LogP contribution in [0.15, 0.2) is 11.8 Å². The normalized spacial score (nSPS) is 49.4. The third-order valence-corrected chi connectivity index (χ3v) is 13.3. The molecule has 0 unspecified atom stereocenters. The molecular formula is C32H48O5. The lowest BCUT2D eigenvalue weighted by Gasteiger charge is -2.72. The SMILES string of the molecule is COC(=O)[C@]12CCC(C)(C)C[C@H]1[C@H]1C(=O)C[C@@H]3[C@@]4(C)C/C(=C\O)C(=O)C(C)(C)[C@@H]4CC[C@@]3(C)[C@]1(C)CC2. The molecule has 5 fully saturated rings. The van der Waals surface area contributed by atoms with Gasteiger partial charge in [-0.15, -0.1) is 0 Å². The number of ketones is 2. The van der Waals surface area contributed by atoms with E-state index in [0.717, 1.165) is 51.2 Å². The van der Waals surface area contributed by atoms with Crippen LogP contribution in [0.4, 0.5) is 0 Å². The lowest BCUT2D eigenvalue weighted by Crippen LogP contribution is -2.69. The van der Waals surface area contributed by atoms with Gasteiger partial charge in [-0.3, -0.25) is 14.4 Å². The second kappa shape index (κ2) is 7.94. The molecule has 0 saturated heterocycles. The first kappa shape index (κ1) is 26.9. The molecule has 0 aromatic rings. The van der Waals surface area contributed by atoms with Gasteiger partial charge in [-0.05, 0) is 90.8 Å². The van der Waals surface area contributed by atoms with Crippen molar-refractivity contribution in [3.63, 3.8) is 0 Å². The zero-order valence-electron chi connectivity index (χ0n) is 24.3. The van der Waals surface area contributed by atoms with Gasteiger partial charge >= 0.3 is 5.97 Å². The van der Waals surface area contributed by atoms with Crippen LogP contribution >= 0.6 is 0 Å². The maximum Gasteiger partial charge on any atom is 0.312 e. The summed E-state index contributed by atoms with van der Waals surface area (Å²) < 4.78 is 5.43. The maximum absolute atomic E-state index is 14.5. The van der Waals surface area contributed by atoms with Gasteiger partial charge in [0.25, 0.3) is 0 Å². The molecule has 5 heteroatoms. The van der Waals surface area contributed by atoms with E-state index in [-0.39, 0.29) is 57.1 Å². The average molecular weight is 513 g/mol. The van der Waals surface area contributed by atoms with Crippen molar-refractivity contribution in [2.45, 2.75) is 106 Å². The fraction of sp³-hybridized carbons (Fsp3) is 0.844. The summed E-state index contributed by atoms with van der Waals surface area (Å²) in [5.41, 5.74) is -1.06. The zero-order valence-corrected chi connectivity index (χ0v) is 24.3. The van der Waals surface area contributed by atoms with E-state index in [0.29, 0.717) is 24.2 Å². The number of hydrogen-bond donors (Lipinski definition) is 1. The van der Waals surface area contributed by atoms with Gasteiger partial charge in [0.15, 0.2) is 5.78 Å². The third-order valence-electron chi connectivity index (χ3n) is 13.3. The summed E-state index contributed by atoms with van der Waals surface area (Å²) >= 11 is 0. The van der Waals surface area contributed by atoms with Crippen molar-refractivity contribution in [3.05, 3.63) is 11.8 Å². The maximum atomic E-state index is 14.5. The van der Waals surface area contributed by atoms with Crippen molar-refractivity contribution < 1.29 is 24.2 Å². The van der Waals surface area contributed by atoms with Crippen LogP contribution in [0.2, 0.25) is 0 Å². The number of rotatable bonds is 1. The molecule has 8 atom stereocenters. The molecule has 0 heterocycles. The molecule has 0 bridgehead atoms. The fourth-order valence-corrected chi connectivity index (χ4v) is 11.2. The second-order valence-electron chi connectivity index (χ2n) is 15.6. The van der Waals surface area contributed by atoms with Gasteiger partial charge in [0.05, 0.1) is 18.8 Å². The minimum absolute atomic E-state index is 0.00975. The van der Waals surface area contributed by atoms with Crippen molar-refractivity contribution >= 4 is 17.5 Å². The predicted molar refractivity (Wildman–Crippen MR) is 143 cm³/mol. The van der Waals surface area contributed by atoms with Crippen LogP contribution < -0.4 is 0 Å². The van der Waals surface area contributed by atoms with Crippen LogP contribution in [0.25, 0.3) is 0 Å². The number of allylic oxidation sites excluding steroid dienone is 1. The Morgan fingerprint density at radius 3 is 2.19 bits per heavy atom. The molecule has 0 aromatic carbocycles. The topological polar surface area (TPSA) is 80.7 Å². The second-order valence-corrected chi connectivity index (χ2v) is 15.6. The summed E-state index contributed by atoms with van der Waals surface area (Å²) in [4.78, 5) is 41.1. The summed E-state index contributed by atoms with van der Waals surface area (Å²) in [7, 11) is 1.50. The molecule has 1 N–H and O–H groups in total. The van der Waals surface area contributed by atoms with Gasteiger partial charge in [-0.1, -0.05) is 48.5 Å². The third kappa shape index (κ3) is 3.24. The molecule has 5 rings (SSSR count). The van der Waals surface area contributed by atoms with Crippen LogP contribution in [0.3, 0.4) is 0 Å². The number of Topliss-reactive ketones (excluding diaryl/α,β-unsaturated/α-hetero) is 2. The van der Waals surface area contributed by atoms with Crippen LogP contribution in [0.1, 0.15) is 106 Å². The van der Waals surface area contributed by atoms with E-state index in [1.807, 2.05) is 13.8 Å². The molecule has 5 aliphatic rings. The Morgan fingerprint density at radius 2 is 1.57 bits per heavy atom. The standard InChI is InChI=1S/C32H48O5/c1-27(2)11-13-32(26(36)37-8)14-12-31(7)24(20(32)17-27)21(34)15-23-29(5)16-19(18-33)25(35)28(3,4)22(29)9-10-30(23,31)6/h18,20,22-24,33H,9-17H2,1-8H3/b19-18+/t20-,22-,23+,24-,29-,30+,31+,32-/m0/s1. The Kier molecular flexibility index (Phi) is 5.78. The Morgan fingerprint density at radius 1 is 0.919 bits per heavy atom. The Balaban J connectivity index is 1.62.